The predicted octanol–water partition coefficient (Wildman–Crippen LogP) is 2.73. The molecule has 0 unspecified atom stereocenters. The molecule has 0 aliphatic heterocycles. The van der Waals surface area contributed by atoms with Gasteiger partial charge in [-0.25, -0.2) is 0 Å². The zero-order valence-corrected chi connectivity index (χ0v) is 9.50. The van der Waals surface area contributed by atoms with Gasteiger partial charge in [0, 0.05) is 11.1 Å². The van der Waals surface area contributed by atoms with Crippen LogP contribution < -0.4 is 4.74 Å². The summed E-state index contributed by atoms with van der Waals surface area (Å²) in [5.74, 6) is 0.595. The summed E-state index contributed by atoms with van der Waals surface area (Å²) in [6.07, 6.45) is 0. The molecule has 0 heterocycles. The minimum atomic E-state index is -0.0322. The van der Waals surface area contributed by atoms with Crippen molar-refractivity contribution in [2.24, 2.45) is 0 Å². The average Bonchev–Trinajstić information content (AvgIpc) is 2.17. The molecule has 3 nitrogen and oxygen atoms in total. The Morgan fingerprint density at radius 3 is 2.40 bits per heavy atom. The van der Waals surface area contributed by atoms with Crippen LogP contribution >= 0.6 is 0 Å². The van der Waals surface area contributed by atoms with Crippen LogP contribution in [0.1, 0.15) is 42.6 Å². The normalized spacial score (nSPS) is 10.5. The first-order chi connectivity index (χ1) is 6.97. The zero-order valence-electron chi connectivity index (χ0n) is 9.50. The van der Waals surface area contributed by atoms with Gasteiger partial charge in [-0.1, -0.05) is 13.8 Å². The summed E-state index contributed by atoms with van der Waals surface area (Å²) in [6, 6.07) is 3.27. The van der Waals surface area contributed by atoms with Gasteiger partial charge >= 0.3 is 0 Å². The second-order valence-electron chi connectivity index (χ2n) is 3.83. The monoisotopic (exact) mass is 208 g/mol. The van der Waals surface area contributed by atoms with Gasteiger partial charge in [-0.05, 0) is 25.0 Å². The van der Waals surface area contributed by atoms with Gasteiger partial charge in [0.2, 0.25) is 0 Å². The zero-order chi connectivity index (χ0) is 11.6. The van der Waals surface area contributed by atoms with E-state index in [1.807, 2.05) is 13.8 Å². The van der Waals surface area contributed by atoms with Gasteiger partial charge in [-0.15, -0.1) is 0 Å². The van der Waals surface area contributed by atoms with E-state index in [-0.39, 0.29) is 17.5 Å². The molecule has 1 N–H and O–H groups in total. The van der Waals surface area contributed by atoms with Gasteiger partial charge in [0.25, 0.3) is 0 Å². The lowest BCUT2D eigenvalue weighted by Crippen LogP contribution is -1.98. The van der Waals surface area contributed by atoms with Crippen molar-refractivity contribution in [3.63, 3.8) is 0 Å². The molecule has 0 aliphatic carbocycles. The first kappa shape index (κ1) is 11.6. The van der Waals surface area contributed by atoms with E-state index in [9.17, 15) is 9.90 Å². The van der Waals surface area contributed by atoms with E-state index < -0.39 is 0 Å². The average molecular weight is 208 g/mol. The molecule has 0 saturated heterocycles. The number of ketones is 1. The van der Waals surface area contributed by atoms with Crippen molar-refractivity contribution in [3.05, 3.63) is 23.3 Å². The highest BCUT2D eigenvalue weighted by Gasteiger charge is 2.14. The number of carbonyl (C=O) groups excluding carboxylic acids is 1. The summed E-state index contributed by atoms with van der Waals surface area (Å²) in [7, 11) is 1.48. The number of benzene rings is 1. The SMILES string of the molecule is COc1cc(C(C)=O)cc(C(C)C)c1O. The Morgan fingerprint density at radius 2 is 2.00 bits per heavy atom. The summed E-state index contributed by atoms with van der Waals surface area (Å²) in [5, 5.41) is 9.83. The van der Waals surface area contributed by atoms with E-state index in [1.54, 1.807) is 12.1 Å². The maximum atomic E-state index is 11.3. The van der Waals surface area contributed by atoms with Crippen molar-refractivity contribution in [1.29, 1.82) is 0 Å². The molecule has 0 atom stereocenters. The number of methoxy groups -OCH3 is 1. The number of hydrogen-bond donors (Lipinski definition) is 1. The van der Waals surface area contributed by atoms with Crippen LogP contribution in [-0.4, -0.2) is 18.0 Å². The molecule has 1 aromatic carbocycles. The van der Waals surface area contributed by atoms with Crippen LogP contribution in [0, 0.1) is 0 Å². The number of ether oxygens (including phenoxy) is 1. The first-order valence-corrected chi connectivity index (χ1v) is 4.89. The van der Waals surface area contributed by atoms with Crippen molar-refractivity contribution in [3.8, 4) is 11.5 Å². The first-order valence-electron chi connectivity index (χ1n) is 4.89. The second-order valence-corrected chi connectivity index (χ2v) is 3.83. The third-order valence-electron chi connectivity index (χ3n) is 2.35. The highest BCUT2D eigenvalue weighted by Crippen LogP contribution is 2.35. The van der Waals surface area contributed by atoms with E-state index in [0.717, 1.165) is 5.56 Å². The Hall–Kier alpha value is -1.51. The minimum Gasteiger partial charge on any atom is -0.504 e. The van der Waals surface area contributed by atoms with Crippen molar-refractivity contribution >= 4 is 5.78 Å². The summed E-state index contributed by atoms with van der Waals surface area (Å²) in [5.41, 5.74) is 1.30. The molecule has 82 valence electrons. The van der Waals surface area contributed by atoms with Crippen LogP contribution in [0.3, 0.4) is 0 Å². The number of aromatic hydroxyl groups is 1. The number of carbonyl (C=O) groups is 1. The maximum Gasteiger partial charge on any atom is 0.161 e. The lowest BCUT2D eigenvalue weighted by molar-refractivity contribution is 0.101. The van der Waals surface area contributed by atoms with E-state index in [0.29, 0.717) is 11.3 Å². The fraction of sp³-hybridized carbons (Fsp3) is 0.417. The highest BCUT2D eigenvalue weighted by atomic mass is 16.5. The quantitative estimate of drug-likeness (QED) is 0.777. The van der Waals surface area contributed by atoms with E-state index >= 15 is 0 Å². The Bertz CT molecular complexity index is 381. The molecule has 0 saturated carbocycles. The van der Waals surface area contributed by atoms with Gasteiger partial charge in [0.15, 0.2) is 17.3 Å². The number of Topliss-reactive ketones (excluding diaryl/α,β-unsaturated/α-hetero) is 1. The van der Waals surface area contributed by atoms with E-state index in [2.05, 4.69) is 0 Å². The number of phenols is 1. The van der Waals surface area contributed by atoms with Crippen LogP contribution in [0.2, 0.25) is 0 Å². The van der Waals surface area contributed by atoms with Crippen LogP contribution in [0.25, 0.3) is 0 Å². The summed E-state index contributed by atoms with van der Waals surface area (Å²) >= 11 is 0. The van der Waals surface area contributed by atoms with Crippen molar-refractivity contribution in [2.45, 2.75) is 26.7 Å². The lowest BCUT2D eigenvalue weighted by atomic mass is 9.97. The standard InChI is InChI=1S/C12H16O3/c1-7(2)10-5-9(8(3)13)6-11(15-4)12(10)14/h5-7,14H,1-4H3. The van der Waals surface area contributed by atoms with Gasteiger partial charge < -0.3 is 9.84 Å². The third-order valence-corrected chi connectivity index (χ3v) is 2.35. The molecule has 3 heteroatoms. The predicted molar refractivity (Wildman–Crippen MR) is 58.8 cm³/mol. The summed E-state index contributed by atoms with van der Waals surface area (Å²) < 4.78 is 5.02. The smallest absolute Gasteiger partial charge is 0.161 e. The highest BCUT2D eigenvalue weighted by molar-refractivity contribution is 5.95. The molecule has 0 radical (unpaired) electrons. The molecule has 0 aliphatic rings. The summed E-state index contributed by atoms with van der Waals surface area (Å²) in [4.78, 5) is 11.3. The van der Waals surface area contributed by atoms with E-state index in [1.165, 1.54) is 14.0 Å². The van der Waals surface area contributed by atoms with Crippen LogP contribution in [0.15, 0.2) is 12.1 Å². The van der Waals surface area contributed by atoms with Gasteiger partial charge in [0.1, 0.15) is 0 Å². The minimum absolute atomic E-state index is 0.0322. The van der Waals surface area contributed by atoms with E-state index in [4.69, 9.17) is 4.74 Å². The molecule has 0 spiro atoms. The molecular weight excluding hydrogens is 192 g/mol. The number of phenolic OH excluding ortho intramolecular Hbond substituents is 1. The largest absolute Gasteiger partial charge is 0.504 e. The number of rotatable bonds is 3. The van der Waals surface area contributed by atoms with Crippen molar-refractivity contribution < 1.29 is 14.6 Å². The molecule has 15 heavy (non-hydrogen) atoms. The fourth-order valence-corrected chi connectivity index (χ4v) is 1.43. The summed E-state index contributed by atoms with van der Waals surface area (Å²) in [6.45, 7) is 5.41. The Balaban J connectivity index is 3.38. The van der Waals surface area contributed by atoms with Gasteiger partial charge in [0.05, 0.1) is 7.11 Å². The Morgan fingerprint density at radius 1 is 1.40 bits per heavy atom. The fourth-order valence-electron chi connectivity index (χ4n) is 1.43. The number of hydrogen-bond acceptors (Lipinski definition) is 3. The molecule has 1 aromatic rings. The lowest BCUT2D eigenvalue weighted by Gasteiger charge is -2.13. The second kappa shape index (κ2) is 4.34. The molecule has 1 rings (SSSR count). The van der Waals surface area contributed by atoms with Crippen molar-refractivity contribution in [2.75, 3.05) is 7.11 Å². The Kier molecular flexibility index (Phi) is 3.35. The maximum absolute atomic E-state index is 11.3. The Labute approximate surface area is 89.7 Å². The molecule has 0 bridgehead atoms. The topological polar surface area (TPSA) is 46.5 Å². The molecule has 0 aromatic heterocycles. The van der Waals surface area contributed by atoms with Crippen molar-refractivity contribution in [1.82, 2.24) is 0 Å². The van der Waals surface area contributed by atoms with Gasteiger partial charge in [-0.2, -0.15) is 0 Å². The molecule has 0 amide bonds. The van der Waals surface area contributed by atoms with Crippen LogP contribution in [0.5, 0.6) is 11.5 Å². The van der Waals surface area contributed by atoms with Crippen LogP contribution in [-0.2, 0) is 0 Å². The third kappa shape index (κ3) is 2.29. The van der Waals surface area contributed by atoms with Gasteiger partial charge in [-0.3, -0.25) is 4.79 Å². The molecule has 0 fully saturated rings. The molecular formula is C12H16O3. The van der Waals surface area contributed by atoms with Crippen LogP contribution in [0.4, 0.5) is 0 Å².